The van der Waals surface area contributed by atoms with E-state index in [-0.39, 0.29) is 62.7 Å². The van der Waals surface area contributed by atoms with E-state index in [0.717, 1.165) is 25.1 Å². The van der Waals surface area contributed by atoms with E-state index in [2.05, 4.69) is 31.7 Å². The number of likely N-dealkylation sites (N-methyl/N-ethyl adjacent to an activating group) is 1. The van der Waals surface area contributed by atoms with E-state index >= 15 is 0 Å². The predicted molar refractivity (Wildman–Crippen MR) is 168 cm³/mol. The zero-order valence-electron chi connectivity index (χ0n) is 26.1. The van der Waals surface area contributed by atoms with Crippen LogP contribution < -0.4 is 0 Å². The molecule has 10 heteroatoms. The number of methoxy groups -OCH3 is 1. The standard InChI is InChI=1S/C31H52N2O8.6H2/c1-19(18-31(6)29(41-31)22(4)28(38-8)23(5)34)10-9-11-20(2)27-21(3)25(16-24(39-27)17-26(35)36)40-30(37)33-14-12-32(7)13-15-33;;;;;;/h9-11,19,21-25,27-29,34H,12-18H2,1-8H3,(H,35,36);6*1H/b10-9+,20-11+;;;;;;/t19-,21+,22-,23-,24-,25-,27-,28-,29-,31-;;;;;;/m1....../s1. The van der Waals surface area contributed by atoms with Crippen molar-refractivity contribution in [3.8, 4) is 0 Å². The largest absolute Gasteiger partial charge is 0.481 e. The van der Waals surface area contributed by atoms with Crippen molar-refractivity contribution in [2.24, 2.45) is 17.8 Å². The SMILES string of the molecule is CO[C@H]([C@@H](C)[C@H]1O[C@]1(C)C[C@H](C)/C=C/C=C(\C)[C@H]1O[C@@H](CC(=O)O)C[C@@H](OC(=O)N2CCN(C)CC2)[C@@H]1C)[C@@H](C)O.[HH].[HH].[HH].[HH].[HH].[HH]. The lowest BCUT2D eigenvalue weighted by atomic mass is 9.85. The summed E-state index contributed by atoms with van der Waals surface area (Å²) < 4.78 is 23.8. The second-order valence-corrected chi connectivity index (χ2v) is 12.7. The number of carboxylic acid groups (broad SMARTS) is 1. The highest BCUT2D eigenvalue weighted by Gasteiger charge is 2.56. The summed E-state index contributed by atoms with van der Waals surface area (Å²) in [6, 6.07) is 0. The van der Waals surface area contributed by atoms with Gasteiger partial charge in [-0.3, -0.25) is 4.79 Å². The van der Waals surface area contributed by atoms with Crippen LogP contribution in [0.5, 0.6) is 0 Å². The van der Waals surface area contributed by atoms with Crippen molar-refractivity contribution in [2.75, 3.05) is 40.3 Å². The summed E-state index contributed by atoms with van der Waals surface area (Å²) in [5.41, 5.74) is 0.691. The number of carboxylic acids is 1. The molecule has 3 rings (SSSR count). The fourth-order valence-corrected chi connectivity index (χ4v) is 6.56. The van der Waals surface area contributed by atoms with Crippen LogP contribution in [0, 0.1) is 17.8 Å². The van der Waals surface area contributed by atoms with Crippen LogP contribution in [-0.2, 0) is 23.7 Å². The van der Waals surface area contributed by atoms with Crippen molar-refractivity contribution < 1.29 is 47.3 Å². The van der Waals surface area contributed by atoms with Gasteiger partial charge in [0.05, 0.1) is 42.5 Å². The molecule has 0 radical (unpaired) electrons. The molecule has 1 amide bonds. The van der Waals surface area contributed by atoms with E-state index in [1.807, 2.05) is 33.0 Å². The molecule has 3 aliphatic rings. The Hall–Kier alpha value is -1.98. The monoisotopic (exact) mass is 592 g/mol. The van der Waals surface area contributed by atoms with E-state index in [0.29, 0.717) is 19.5 Å². The lowest BCUT2D eigenvalue weighted by Crippen LogP contribution is -2.51. The lowest BCUT2D eigenvalue weighted by molar-refractivity contribution is -0.151. The topological polar surface area (TPSA) is 121 Å². The van der Waals surface area contributed by atoms with Crippen LogP contribution in [0.25, 0.3) is 0 Å². The smallest absolute Gasteiger partial charge is 0.410 e. The molecule has 2 N–H and O–H groups in total. The summed E-state index contributed by atoms with van der Waals surface area (Å²) in [5, 5.41) is 19.4. The van der Waals surface area contributed by atoms with Crippen LogP contribution in [0.2, 0.25) is 0 Å². The van der Waals surface area contributed by atoms with E-state index in [1.54, 1.807) is 18.9 Å². The van der Waals surface area contributed by atoms with Crippen LogP contribution in [0.1, 0.15) is 69.4 Å². The molecule has 41 heavy (non-hydrogen) atoms. The minimum atomic E-state index is -0.934. The highest BCUT2D eigenvalue weighted by Crippen LogP contribution is 2.47. The molecule has 0 spiro atoms. The van der Waals surface area contributed by atoms with Gasteiger partial charge < -0.3 is 39.0 Å². The third kappa shape index (κ3) is 9.00. The number of amides is 1. The molecular formula is C31H64N2O8. The first-order valence-corrected chi connectivity index (χ1v) is 15.0. The van der Waals surface area contributed by atoms with Crippen molar-refractivity contribution in [3.05, 3.63) is 23.8 Å². The highest BCUT2D eigenvalue weighted by molar-refractivity contribution is 5.68. The summed E-state index contributed by atoms with van der Waals surface area (Å²) in [4.78, 5) is 28.3. The molecule has 0 aromatic heterocycles. The summed E-state index contributed by atoms with van der Waals surface area (Å²) in [5.74, 6) is -0.737. The van der Waals surface area contributed by atoms with Crippen LogP contribution in [-0.4, -0.2) is 115 Å². The van der Waals surface area contributed by atoms with Crippen molar-refractivity contribution in [1.29, 1.82) is 0 Å². The number of aliphatic hydroxyl groups is 1. The molecule has 0 aliphatic carbocycles. The molecule has 3 heterocycles. The van der Waals surface area contributed by atoms with Crippen LogP contribution in [0.4, 0.5) is 4.79 Å². The van der Waals surface area contributed by atoms with E-state index in [1.165, 1.54) is 0 Å². The van der Waals surface area contributed by atoms with Gasteiger partial charge in [0, 0.05) is 60.1 Å². The average molecular weight is 593 g/mol. The maximum atomic E-state index is 12.9. The van der Waals surface area contributed by atoms with E-state index in [9.17, 15) is 19.8 Å². The van der Waals surface area contributed by atoms with Crippen LogP contribution in [0.15, 0.2) is 23.8 Å². The molecule has 3 aliphatic heterocycles. The Bertz CT molecular complexity index is 972. The van der Waals surface area contributed by atoms with Gasteiger partial charge in [-0.2, -0.15) is 0 Å². The number of epoxide rings is 1. The molecule has 3 saturated heterocycles. The zero-order valence-corrected chi connectivity index (χ0v) is 26.1. The van der Waals surface area contributed by atoms with Gasteiger partial charge in [0.25, 0.3) is 0 Å². The minimum absolute atomic E-state index is 0. The first-order valence-electron chi connectivity index (χ1n) is 15.0. The molecule has 246 valence electrons. The Kier molecular flexibility index (Phi) is 11.8. The Morgan fingerprint density at radius 2 is 1.85 bits per heavy atom. The second kappa shape index (κ2) is 14.5. The molecular weight excluding hydrogens is 528 g/mol. The first kappa shape index (κ1) is 33.5. The zero-order chi connectivity index (χ0) is 30.5. The number of nitrogens with zero attached hydrogens (tertiary/aromatic N) is 2. The van der Waals surface area contributed by atoms with Gasteiger partial charge in [0.15, 0.2) is 0 Å². The first-order chi connectivity index (χ1) is 19.2. The molecule has 10 nitrogen and oxygen atoms in total. The maximum Gasteiger partial charge on any atom is 0.410 e. The number of aliphatic carboxylic acids is 1. The minimum Gasteiger partial charge on any atom is -0.481 e. The average Bonchev–Trinajstić information content (AvgIpc) is 3.56. The van der Waals surface area contributed by atoms with Crippen molar-refractivity contribution in [1.82, 2.24) is 9.80 Å². The summed E-state index contributed by atoms with van der Waals surface area (Å²) in [6.45, 7) is 14.9. The molecule has 0 aromatic carbocycles. The Morgan fingerprint density at radius 3 is 2.44 bits per heavy atom. The van der Waals surface area contributed by atoms with E-state index in [4.69, 9.17) is 18.9 Å². The number of allylic oxidation sites excluding steroid dienone is 3. The predicted octanol–water partition coefficient (Wildman–Crippen LogP) is 5.20. The highest BCUT2D eigenvalue weighted by atomic mass is 16.6. The van der Waals surface area contributed by atoms with Crippen LogP contribution in [0.3, 0.4) is 0 Å². The molecule has 10 atom stereocenters. The molecule has 0 bridgehead atoms. The summed E-state index contributed by atoms with van der Waals surface area (Å²) >= 11 is 0. The quantitative estimate of drug-likeness (QED) is 0.233. The van der Waals surface area contributed by atoms with Gasteiger partial charge >= 0.3 is 12.1 Å². The summed E-state index contributed by atoms with van der Waals surface area (Å²) in [6.07, 6.45) is 4.74. The molecule has 0 unspecified atom stereocenters. The third-order valence-corrected chi connectivity index (χ3v) is 8.97. The van der Waals surface area contributed by atoms with Gasteiger partial charge in [-0.1, -0.05) is 39.0 Å². The Labute approximate surface area is 254 Å². The Morgan fingerprint density at radius 1 is 1.20 bits per heavy atom. The maximum absolute atomic E-state index is 12.9. The second-order valence-electron chi connectivity index (χ2n) is 12.7. The number of rotatable bonds is 12. The number of hydrogen-bond donors (Lipinski definition) is 2. The van der Waals surface area contributed by atoms with Gasteiger partial charge in [0.1, 0.15) is 6.10 Å². The number of aliphatic hydroxyl groups excluding tert-OH is 1. The number of ether oxygens (including phenoxy) is 4. The van der Waals surface area contributed by atoms with Gasteiger partial charge in [-0.05, 0) is 45.7 Å². The molecule has 3 fully saturated rings. The normalized spacial score (nSPS) is 34.2. The van der Waals surface area contributed by atoms with Crippen LogP contribution >= 0.6 is 0 Å². The van der Waals surface area contributed by atoms with Gasteiger partial charge in [-0.25, -0.2) is 4.79 Å². The number of hydrogen-bond acceptors (Lipinski definition) is 8. The fraction of sp³-hybridized carbons (Fsp3) is 0.806. The molecule has 0 saturated carbocycles. The Balaban J connectivity index is -0.00000154. The van der Waals surface area contributed by atoms with Gasteiger partial charge in [0.2, 0.25) is 0 Å². The summed E-state index contributed by atoms with van der Waals surface area (Å²) in [7, 11) is 3.65. The lowest BCUT2D eigenvalue weighted by Gasteiger charge is -2.41. The van der Waals surface area contributed by atoms with Crippen molar-refractivity contribution in [2.45, 2.75) is 103 Å². The van der Waals surface area contributed by atoms with Crippen molar-refractivity contribution in [3.63, 3.8) is 0 Å². The van der Waals surface area contributed by atoms with Gasteiger partial charge in [-0.15, -0.1) is 0 Å². The fourth-order valence-electron chi connectivity index (χ4n) is 6.56. The third-order valence-electron chi connectivity index (χ3n) is 8.97. The number of carbonyl (C=O) groups is 2. The molecule has 0 aromatic rings. The number of carbonyl (C=O) groups excluding carboxylic acids is 1. The van der Waals surface area contributed by atoms with E-state index < -0.39 is 24.3 Å². The number of piperazine rings is 1. The van der Waals surface area contributed by atoms with Crippen molar-refractivity contribution >= 4 is 12.1 Å².